The molecule has 0 bridgehead atoms. The van der Waals surface area contributed by atoms with Gasteiger partial charge in [0.1, 0.15) is 11.3 Å². The molecule has 16 heavy (non-hydrogen) atoms. The molecule has 0 heterocycles. The molecule has 0 saturated carbocycles. The van der Waals surface area contributed by atoms with Crippen LogP contribution < -0.4 is 4.74 Å². The van der Waals surface area contributed by atoms with Gasteiger partial charge in [0.25, 0.3) is 11.6 Å². The van der Waals surface area contributed by atoms with Crippen molar-refractivity contribution in [1.29, 1.82) is 0 Å². The van der Waals surface area contributed by atoms with E-state index < -0.39 is 10.8 Å². The van der Waals surface area contributed by atoms with E-state index in [4.69, 9.17) is 4.74 Å². The zero-order valence-electron chi connectivity index (χ0n) is 9.26. The Balaban J connectivity index is 3.31. The molecule has 0 spiro atoms. The fourth-order valence-electron chi connectivity index (χ4n) is 1.21. The van der Waals surface area contributed by atoms with Crippen LogP contribution in [0, 0.1) is 10.1 Å². The van der Waals surface area contributed by atoms with Crippen molar-refractivity contribution in [2.24, 2.45) is 0 Å². The maximum atomic E-state index is 11.7. The van der Waals surface area contributed by atoms with Crippen molar-refractivity contribution in [2.45, 2.75) is 0 Å². The molecular formula is C10H12N2O4. The molecule has 1 aromatic rings. The average molecular weight is 224 g/mol. The molecule has 0 aliphatic heterocycles. The Morgan fingerprint density at radius 2 is 2.06 bits per heavy atom. The van der Waals surface area contributed by atoms with E-state index in [1.165, 1.54) is 44.3 Å². The van der Waals surface area contributed by atoms with Gasteiger partial charge in [0.05, 0.1) is 12.0 Å². The predicted molar refractivity (Wildman–Crippen MR) is 57.7 cm³/mol. The van der Waals surface area contributed by atoms with E-state index >= 15 is 0 Å². The average Bonchev–Trinajstić information content (AvgIpc) is 2.26. The van der Waals surface area contributed by atoms with Crippen LogP contribution in [0.5, 0.6) is 5.75 Å². The zero-order valence-corrected chi connectivity index (χ0v) is 9.26. The summed E-state index contributed by atoms with van der Waals surface area (Å²) in [6.45, 7) is 0. The largest absolute Gasteiger partial charge is 0.497 e. The first kappa shape index (κ1) is 12.0. The van der Waals surface area contributed by atoms with Gasteiger partial charge in [0.2, 0.25) is 0 Å². The van der Waals surface area contributed by atoms with Crippen molar-refractivity contribution in [3.8, 4) is 5.75 Å². The minimum absolute atomic E-state index is 0.0225. The van der Waals surface area contributed by atoms with E-state index in [2.05, 4.69) is 0 Å². The molecule has 0 saturated heterocycles. The standard InChI is InChI=1S/C10H12N2O4/c1-11(2)10(13)8-6-7(16-3)4-5-9(8)12(14)15/h4-6H,1-3H3. The Labute approximate surface area is 92.6 Å². The summed E-state index contributed by atoms with van der Waals surface area (Å²) in [5, 5.41) is 10.7. The SMILES string of the molecule is COc1ccc([N+](=O)[O-])c(C(=O)N(C)C)c1. The van der Waals surface area contributed by atoms with E-state index in [0.717, 1.165) is 0 Å². The highest BCUT2D eigenvalue weighted by Crippen LogP contribution is 2.24. The third-order valence-corrected chi connectivity index (χ3v) is 2.04. The molecular weight excluding hydrogens is 212 g/mol. The molecule has 1 amide bonds. The zero-order chi connectivity index (χ0) is 12.3. The third kappa shape index (κ3) is 2.28. The van der Waals surface area contributed by atoms with Crippen LogP contribution in [0.1, 0.15) is 10.4 Å². The quantitative estimate of drug-likeness (QED) is 0.573. The van der Waals surface area contributed by atoms with E-state index in [0.29, 0.717) is 5.75 Å². The van der Waals surface area contributed by atoms with Crippen molar-refractivity contribution in [1.82, 2.24) is 4.90 Å². The van der Waals surface area contributed by atoms with Gasteiger partial charge >= 0.3 is 0 Å². The number of ether oxygens (including phenoxy) is 1. The molecule has 0 N–H and O–H groups in total. The number of hydrogen-bond donors (Lipinski definition) is 0. The first-order valence-electron chi connectivity index (χ1n) is 4.51. The van der Waals surface area contributed by atoms with Gasteiger partial charge in [-0.3, -0.25) is 14.9 Å². The molecule has 1 aromatic carbocycles. The third-order valence-electron chi connectivity index (χ3n) is 2.04. The number of nitro benzene ring substituents is 1. The maximum absolute atomic E-state index is 11.7. The van der Waals surface area contributed by atoms with Crippen molar-refractivity contribution in [3.63, 3.8) is 0 Å². The number of carbonyl (C=O) groups is 1. The Morgan fingerprint density at radius 1 is 1.44 bits per heavy atom. The molecule has 0 fully saturated rings. The van der Waals surface area contributed by atoms with E-state index in [9.17, 15) is 14.9 Å². The van der Waals surface area contributed by atoms with E-state index in [1.807, 2.05) is 0 Å². The Kier molecular flexibility index (Phi) is 3.44. The molecule has 6 heteroatoms. The molecule has 6 nitrogen and oxygen atoms in total. The molecule has 1 rings (SSSR count). The lowest BCUT2D eigenvalue weighted by Gasteiger charge is -2.11. The van der Waals surface area contributed by atoms with Crippen LogP contribution in [0.3, 0.4) is 0 Å². The number of nitrogens with zero attached hydrogens (tertiary/aromatic N) is 2. The summed E-state index contributed by atoms with van der Waals surface area (Å²) in [7, 11) is 4.50. The molecule has 0 aliphatic rings. The van der Waals surface area contributed by atoms with Crippen molar-refractivity contribution in [3.05, 3.63) is 33.9 Å². The second-order valence-corrected chi connectivity index (χ2v) is 3.34. The van der Waals surface area contributed by atoms with Gasteiger partial charge in [-0.1, -0.05) is 0 Å². The summed E-state index contributed by atoms with van der Waals surface area (Å²) >= 11 is 0. The van der Waals surface area contributed by atoms with E-state index in [1.54, 1.807) is 0 Å². The van der Waals surface area contributed by atoms with Gasteiger partial charge in [-0.25, -0.2) is 0 Å². The minimum atomic E-state index is -0.587. The first-order valence-corrected chi connectivity index (χ1v) is 4.51. The number of carbonyl (C=O) groups excluding carboxylic acids is 1. The Morgan fingerprint density at radius 3 is 2.50 bits per heavy atom. The highest BCUT2D eigenvalue weighted by atomic mass is 16.6. The number of methoxy groups -OCH3 is 1. The van der Waals surface area contributed by atoms with Crippen molar-refractivity contribution < 1.29 is 14.5 Å². The fourth-order valence-corrected chi connectivity index (χ4v) is 1.21. The lowest BCUT2D eigenvalue weighted by molar-refractivity contribution is -0.385. The monoisotopic (exact) mass is 224 g/mol. The molecule has 86 valence electrons. The van der Waals surface area contributed by atoms with Crippen LogP contribution in [-0.2, 0) is 0 Å². The van der Waals surface area contributed by atoms with Gasteiger partial charge in [0, 0.05) is 20.2 Å². The van der Waals surface area contributed by atoms with Gasteiger partial charge in [-0.15, -0.1) is 0 Å². The van der Waals surface area contributed by atoms with Crippen LogP contribution in [0.15, 0.2) is 18.2 Å². The molecule has 0 aromatic heterocycles. The lowest BCUT2D eigenvalue weighted by Crippen LogP contribution is -2.22. The van der Waals surface area contributed by atoms with Crippen LogP contribution >= 0.6 is 0 Å². The molecule has 0 atom stereocenters. The predicted octanol–water partition coefficient (Wildman–Crippen LogP) is 1.31. The summed E-state index contributed by atoms with van der Waals surface area (Å²) in [5.74, 6) is -0.0126. The van der Waals surface area contributed by atoms with Gasteiger partial charge in [-0.2, -0.15) is 0 Å². The molecule has 0 aliphatic carbocycles. The highest BCUT2D eigenvalue weighted by molar-refractivity contribution is 5.98. The normalized spacial score (nSPS) is 9.69. The summed E-state index contributed by atoms with van der Waals surface area (Å²) < 4.78 is 4.93. The number of nitro groups is 1. The van der Waals surface area contributed by atoms with Crippen molar-refractivity contribution >= 4 is 11.6 Å². The maximum Gasteiger partial charge on any atom is 0.282 e. The van der Waals surface area contributed by atoms with Crippen LogP contribution in [-0.4, -0.2) is 36.9 Å². The number of amides is 1. The second-order valence-electron chi connectivity index (χ2n) is 3.34. The van der Waals surface area contributed by atoms with Crippen LogP contribution in [0.25, 0.3) is 0 Å². The van der Waals surface area contributed by atoms with Gasteiger partial charge in [0.15, 0.2) is 0 Å². The second kappa shape index (κ2) is 4.61. The Bertz CT molecular complexity index is 429. The summed E-state index contributed by atoms with van der Waals surface area (Å²) in [4.78, 5) is 23.1. The minimum Gasteiger partial charge on any atom is -0.497 e. The summed E-state index contributed by atoms with van der Waals surface area (Å²) in [6, 6.07) is 4.07. The number of rotatable bonds is 3. The van der Waals surface area contributed by atoms with Gasteiger partial charge in [-0.05, 0) is 12.1 Å². The smallest absolute Gasteiger partial charge is 0.282 e. The summed E-state index contributed by atoms with van der Waals surface area (Å²) in [5.41, 5.74) is -0.200. The first-order chi connectivity index (χ1) is 7.47. The number of benzene rings is 1. The van der Waals surface area contributed by atoms with Crippen LogP contribution in [0.2, 0.25) is 0 Å². The topological polar surface area (TPSA) is 72.7 Å². The lowest BCUT2D eigenvalue weighted by atomic mass is 10.1. The Hall–Kier alpha value is -2.11. The summed E-state index contributed by atoms with van der Waals surface area (Å²) in [6.07, 6.45) is 0. The van der Waals surface area contributed by atoms with E-state index in [-0.39, 0.29) is 11.3 Å². The molecule has 0 unspecified atom stereocenters. The molecule has 0 radical (unpaired) electrons. The van der Waals surface area contributed by atoms with Crippen LogP contribution in [0.4, 0.5) is 5.69 Å². The number of hydrogen-bond acceptors (Lipinski definition) is 4. The highest BCUT2D eigenvalue weighted by Gasteiger charge is 2.22. The van der Waals surface area contributed by atoms with Gasteiger partial charge < -0.3 is 9.64 Å². The fraction of sp³-hybridized carbons (Fsp3) is 0.300. The van der Waals surface area contributed by atoms with Crippen molar-refractivity contribution in [2.75, 3.05) is 21.2 Å².